The summed E-state index contributed by atoms with van der Waals surface area (Å²) in [5.74, 6) is -0.345. The average Bonchev–Trinajstić information content (AvgIpc) is 3.46. The lowest BCUT2D eigenvalue weighted by molar-refractivity contribution is 0.0953. The number of rotatable bonds is 8. The van der Waals surface area contributed by atoms with Gasteiger partial charge in [0.25, 0.3) is 5.91 Å². The standard InChI is InChI=1S/C24H22FN7OS/c1-34-24-29-13-14-31(24)18-8-4-16(5-9-18)23(33)28-12-2-3-21-20(15-26)22(27)32(30-21)19-10-6-17(25)7-11-19/h4-11,13-14H,2-3,12,27H2,1H3,(H,28,33). The zero-order chi connectivity index (χ0) is 24.1. The molecular formula is C24H22FN7OS. The van der Waals surface area contributed by atoms with Crippen molar-refractivity contribution < 1.29 is 9.18 Å². The number of nitriles is 1. The molecule has 2 aromatic carbocycles. The van der Waals surface area contributed by atoms with Crippen LogP contribution in [-0.2, 0) is 6.42 Å². The third kappa shape index (κ3) is 4.79. The maximum atomic E-state index is 13.2. The second kappa shape index (κ2) is 10.2. The molecule has 10 heteroatoms. The van der Waals surface area contributed by atoms with E-state index in [2.05, 4.69) is 21.5 Å². The Hall–Kier alpha value is -4.10. The van der Waals surface area contributed by atoms with E-state index >= 15 is 0 Å². The number of carbonyl (C=O) groups excluding carboxylic acids is 1. The van der Waals surface area contributed by atoms with Gasteiger partial charge in [0, 0.05) is 30.2 Å². The largest absolute Gasteiger partial charge is 0.382 e. The lowest BCUT2D eigenvalue weighted by Crippen LogP contribution is -2.24. The smallest absolute Gasteiger partial charge is 0.251 e. The van der Waals surface area contributed by atoms with Crippen LogP contribution in [0.4, 0.5) is 10.2 Å². The number of nitrogen functional groups attached to an aromatic ring is 1. The fourth-order valence-electron chi connectivity index (χ4n) is 3.52. The molecule has 0 saturated carbocycles. The van der Waals surface area contributed by atoms with Crippen LogP contribution in [0.3, 0.4) is 0 Å². The molecule has 0 unspecified atom stereocenters. The highest BCUT2D eigenvalue weighted by Gasteiger charge is 2.16. The number of hydrogen-bond acceptors (Lipinski definition) is 6. The summed E-state index contributed by atoms with van der Waals surface area (Å²) in [5.41, 5.74) is 8.96. The number of nitrogens with one attached hydrogen (secondary N) is 1. The summed E-state index contributed by atoms with van der Waals surface area (Å²) in [5, 5.41) is 17.7. The Balaban J connectivity index is 1.35. The van der Waals surface area contributed by atoms with Crippen molar-refractivity contribution in [3.63, 3.8) is 0 Å². The summed E-state index contributed by atoms with van der Waals surface area (Å²) >= 11 is 1.55. The van der Waals surface area contributed by atoms with Gasteiger partial charge < -0.3 is 11.1 Å². The molecule has 0 aliphatic heterocycles. The molecule has 2 aromatic heterocycles. The van der Waals surface area contributed by atoms with Gasteiger partial charge in [0.05, 0.1) is 11.4 Å². The number of halogens is 1. The summed E-state index contributed by atoms with van der Waals surface area (Å²) in [6.07, 6.45) is 6.60. The Morgan fingerprint density at radius 2 is 1.88 bits per heavy atom. The second-order valence-electron chi connectivity index (χ2n) is 7.40. The fraction of sp³-hybridized carbons (Fsp3) is 0.167. The van der Waals surface area contributed by atoms with E-state index in [1.54, 1.807) is 42.2 Å². The fourth-order valence-corrected chi connectivity index (χ4v) is 4.05. The van der Waals surface area contributed by atoms with Gasteiger partial charge in [-0.05, 0) is 67.6 Å². The van der Waals surface area contributed by atoms with E-state index in [9.17, 15) is 14.4 Å². The third-order valence-electron chi connectivity index (χ3n) is 5.25. The quantitative estimate of drug-likeness (QED) is 0.296. The molecule has 0 bridgehead atoms. The Kier molecular flexibility index (Phi) is 6.94. The molecule has 0 atom stereocenters. The van der Waals surface area contributed by atoms with E-state index in [0.717, 1.165) is 10.8 Å². The lowest BCUT2D eigenvalue weighted by Gasteiger charge is -2.08. The molecule has 4 rings (SSSR count). The Morgan fingerprint density at radius 3 is 2.56 bits per heavy atom. The number of carbonyl (C=O) groups is 1. The minimum Gasteiger partial charge on any atom is -0.382 e. The molecule has 0 spiro atoms. The lowest BCUT2D eigenvalue weighted by atomic mass is 10.1. The monoisotopic (exact) mass is 475 g/mol. The number of thioether (sulfide) groups is 1. The van der Waals surface area contributed by atoms with Gasteiger partial charge in [-0.2, -0.15) is 10.4 Å². The first kappa shape index (κ1) is 23.1. The summed E-state index contributed by atoms with van der Waals surface area (Å²) in [6.45, 7) is 0.410. The number of imidazole rings is 1. The van der Waals surface area contributed by atoms with E-state index in [0.29, 0.717) is 36.3 Å². The van der Waals surface area contributed by atoms with Crippen LogP contribution in [0.5, 0.6) is 0 Å². The normalized spacial score (nSPS) is 10.7. The molecule has 0 saturated heterocycles. The molecule has 3 N–H and O–H groups in total. The Bertz CT molecular complexity index is 1340. The van der Waals surface area contributed by atoms with Crippen molar-refractivity contribution in [2.45, 2.75) is 18.0 Å². The molecule has 4 aromatic rings. The molecule has 0 radical (unpaired) electrons. The first-order valence-electron chi connectivity index (χ1n) is 10.5. The number of benzene rings is 2. The van der Waals surface area contributed by atoms with Crippen LogP contribution in [-0.4, -0.2) is 38.0 Å². The molecular weight excluding hydrogens is 453 g/mol. The van der Waals surface area contributed by atoms with Crippen LogP contribution in [0.25, 0.3) is 11.4 Å². The van der Waals surface area contributed by atoms with Crippen LogP contribution in [0.1, 0.15) is 28.0 Å². The summed E-state index contributed by atoms with van der Waals surface area (Å²) in [7, 11) is 0. The van der Waals surface area contributed by atoms with Crippen molar-refractivity contribution in [1.82, 2.24) is 24.6 Å². The maximum absolute atomic E-state index is 13.2. The van der Waals surface area contributed by atoms with Gasteiger partial charge in [0.15, 0.2) is 5.16 Å². The van der Waals surface area contributed by atoms with Crippen molar-refractivity contribution in [3.8, 4) is 17.4 Å². The maximum Gasteiger partial charge on any atom is 0.251 e. The van der Waals surface area contributed by atoms with Crippen LogP contribution < -0.4 is 11.1 Å². The minimum atomic E-state index is -0.368. The molecule has 34 heavy (non-hydrogen) atoms. The summed E-state index contributed by atoms with van der Waals surface area (Å²) < 4.78 is 16.6. The van der Waals surface area contributed by atoms with Crippen molar-refractivity contribution >= 4 is 23.5 Å². The molecule has 8 nitrogen and oxygen atoms in total. The first-order chi connectivity index (χ1) is 16.5. The molecule has 2 heterocycles. The predicted molar refractivity (Wildman–Crippen MR) is 129 cm³/mol. The third-order valence-corrected chi connectivity index (χ3v) is 5.92. The first-order valence-corrected chi connectivity index (χ1v) is 11.7. The Morgan fingerprint density at radius 1 is 1.18 bits per heavy atom. The van der Waals surface area contributed by atoms with Gasteiger partial charge >= 0.3 is 0 Å². The molecule has 172 valence electrons. The molecule has 0 aliphatic carbocycles. The highest BCUT2D eigenvalue weighted by Crippen LogP contribution is 2.22. The minimum absolute atomic E-state index is 0.181. The van der Waals surface area contributed by atoms with E-state index < -0.39 is 0 Å². The van der Waals surface area contributed by atoms with Crippen LogP contribution in [0, 0.1) is 17.1 Å². The number of aryl methyl sites for hydroxylation is 1. The van der Waals surface area contributed by atoms with E-state index in [1.165, 1.54) is 16.8 Å². The van der Waals surface area contributed by atoms with Gasteiger partial charge in [-0.1, -0.05) is 11.8 Å². The number of anilines is 1. The number of nitrogens with two attached hydrogens (primary N) is 1. The highest BCUT2D eigenvalue weighted by molar-refractivity contribution is 7.98. The zero-order valence-electron chi connectivity index (χ0n) is 18.4. The van der Waals surface area contributed by atoms with Crippen molar-refractivity contribution in [2.24, 2.45) is 0 Å². The van der Waals surface area contributed by atoms with Crippen LogP contribution in [0.2, 0.25) is 0 Å². The highest BCUT2D eigenvalue weighted by atomic mass is 32.2. The van der Waals surface area contributed by atoms with Crippen LogP contribution in [0.15, 0.2) is 66.1 Å². The summed E-state index contributed by atoms with van der Waals surface area (Å²) in [6, 6.07) is 15.1. The molecule has 0 fully saturated rings. The van der Waals surface area contributed by atoms with Gasteiger partial charge in [-0.15, -0.1) is 0 Å². The van der Waals surface area contributed by atoms with Gasteiger partial charge in [-0.25, -0.2) is 14.1 Å². The van der Waals surface area contributed by atoms with Gasteiger partial charge in [0.2, 0.25) is 0 Å². The van der Waals surface area contributed by atoms with E-state index in [4.69, 9.17) is 5.73 Å². The van der Waals surface area contributed by atoms with Gasteiger partial charge in [0.1, 0.15) is 23.3 Å². The number of aromatic nitrogens is 4. The number of amides is 1. The van der Waals surface area contributed by atoms with E-state index in [-0.39, 0.29) is 23.1 Å². The zero-order valence-corrected chi connectivity index (χ0v) is 19.2. The van der Waals surface area contributed by atoms with E-state index in [1.807, 2.05) is 29.2 Å². The second-order valence-corrected chi connectivity index (χ2v) is 8.17. The number of nitrogens with zero attached hydrogens (tertiary/aromatic N) is 5. The van der Waals surface area contributed by atoms with Crippen LogP contribution >= 0.6 is 11.8 Å². The Labute approximate surface area is 200 Å². The molecule has 1 amide bonds. The predicted octanol–water partition coefficient (Wildman–Crippen LogP) is 3.74. The molecule has 0 aliphatic rings. The average molecular weight is 476 g/mol. The topological polar surface area (TPSA) is 115 Å². The summed E-state index contributed by atoms with van der Waals surface area (Å²) in [4.78, 5) is 16.8. The number of hydrogen-bond donors (Lipinski definition) is 2. The SMILES string of the molecule is CSc1nccn1-c1ccc(C(=O)NCCCc2nn(-c3ccc(F)cc3)c(N)c2C#N)cc1. The van der Waals surface area contributed by atoms with Gasteiger partial charge in [-0.3, -0.25) is 9.36 Å². The van der Waals surface area contributed by atoms with Crippen molar-refractivity contribution in [3.05, 3.63) is 83.6 Å². The van der Waals surface area contributed by atoms with Crippen molar-refractivity contribution in [1.29, 1.82) is 5.26 Å². The van der Waals surface area contributed by atoms with Crippen molar-refractivity contribution in [2.75, 3.05) is 18.5 Å².